The van der Waals surface area contributed by atoms with Gasteiger partial charge in [-0.15, -0.1) is 0 Å². The second-order valence-corrected chi connectivity index (χ2v) is 6.01. The Hall–Kier alpha value is -1.30. The van der Waals surface area contributed by atoms with Gasteiger partial charge in [0.05, 0.1) is 12.6 Å². The molecule has 0 aromatic rings. The van der Waals surface area contributed by atoms with Crippen LogP contribution in [0.1, 0.15) is 27.2 Å². The Balaban J connectivity index is 1.89. The summed E-state index contributed by atoms with van der Waals surface area (Å²) in [7, 11) is 0. The smallest absolute Gasteiger partial charge is 0.410 e. The number of carbonyl (C=O) groups excluding carboxylic acids is 2. The molecule has 0 saturated carbocycles. The van der Waals surface area contributed by atoms with Crippen LogP contribution in [0.4, 0.5) is 4.79 Å². The molecule has 19 heavy (non-hydrogen) atoms. The van der Waals surface area contributed by atoms with Crippen LogP contribution in [0.15, 0.2) is 0 Å². The molecule has 0 N–H and O–H groups in total. The Morgan fingerprint density at radius 1 is 1.37 bits per heavy atom. The first-order valence-electron chi connectivity index (χ1n) is 6.72. The maximum Gasteiger partial charge on any atom is 0.410 e. The van der Waals surface area contributed by atoms with E-state index in [0.717, 1.165) is 6.42 Å². The van der Waals surface area contributed by atoms with Gasteiger partial charge in [0.25, 0.3) is 0 Å². The molecule has 0 aliphatic carbocycles. The fourth-order valence-electron chi connectivity index (χ4n) is 2.32. The third kappa shape index (κ3) is 3.59. The molecule has 2 amide bonds. The van der Waals surface area contributed by atoms with Crippen molar-refractivity contribution in [2.45, 2.75) is 38.8 Å². The van der Waals surface area contributed by atoms with Crippen molar-refractivity contribution in [3.05, 3.63) is 0 Å². The average Bonchev–Trinajstić information content (AvgIpc) is 2.79. The Kier molecular flexibility index (Phi) is 3.99. The Morgan fingerprint density at radius 3 is 2.63 bits per heavy atom. The van der Waals surface area contributed by atoms with Crippen molar-refractivity contribution in [1.29, 1.82) is 0 Å². The summed E-state index contributed by atoms with van der Waals surface area (Å²) in [6.07, 6.45) is 0.473. The van der Waals surface area contributed by atoms with Crippen molar-refractivity contribution in [2.75, 3.05) is 32.8 Å². The van der Waals surface area contributed by atoms with Gasteiger partial charge in [0, 0.05) is 19.7 Å². The van der Waals surface area contributed by atoms with Gasteiger partial charge in [-0.25, -0.2) is 4.79 Å². The number of ether oxygens (including phenoxy) is 2. The standard InChI is InChI=1S/C13H22N2O4/c1-13(2,3)19-12(17)14-5-6-15(11(16)8-14)10-4-7-18-9-10/h10H,4-9H2,1-3H3/t10-/m0/s1. The Morgan fingerprint density at radius 2 is 2.11 bits per heavy atom. The van der Waals surface area contributed by atoms with Crippen molar-refractivity contribution in [3.63, 3.8) is 0 Å². The number of amides is 2. The lowest BCUT2D eigenvalue weighted by Gasteiger charge is -2.37. The van der Waals surface area contributed by atoms with Gasteiger partial charge in [-0.1, -0.05) is 0 Å². The molecule has 0 aromatic heterocycles. The van der Waals surface area contributed by atoms with E-state index >= 15 is 0 Å². The van der Waals surface area contributed by atoms with Crippen molar-refractivity contribution < 1.29 is 19.1 Å². The Bertz CT molecular complexity index is 358. The van der Waals surface area contributed by atoms with E-state index in [-0.39, 0.29) is 18.5 Å². The predicted octanol–water partition coefficient (Wildman–Crippen LogP) is 0.855. The zero-order chi connectivity index (χ0) is 14.0. The highest BCUT2D eigenvalue weighted by atomic mass is 16.6. The van der Waals surface area contributed by atoms with E-state index in [1.807, 2.05) is 25.7 Å². The summed E-state index contributed by atoms with van der Waals surface area (Å²) in [6.45, 7) is 7.97. The SMILES string of the molecule is CC(C)(C)OC(=O)N1CCN([C@H]2CCOC2)C(=O)C1. The topological polar surface area (TPSA) is 59.1 Å². The van der Waals surface area contributed by atoms with Gasteiger partial charge in [0.15, 0.2) is 0 Å². The van der Waals surface area contributed by atoms with Crippen LogP contribution < -0.4 is 0 Å². The number of nitrogens with zero attached hydrogens (tertiary/aromatic N) is 2. The van der Waals surface area contributed by atoms with Crippen LogP contribution in [0, 0.1) is 0 Å². The summed E-state index contributed by atoms with van der Waals surface area (Å²) in [5, 5.41) is 0. The quantitative estimate of drug-likeness (QED) is 0.709. The summed E-state index contributed by atoms with van der Waals surface area (Å²) in [6, 6.07) is 0.174. The second-order valence-electron chi connectivity index (χ2n) is 6.01. The fourth-order valence-corrected chi connectivity index (χ4v) is 2.32. The number of hydrogen-bond acceptors (Lipinski definition) is 4. The van der Waals surface area contributed by atoms with E-state index < -0.39 is 11.7 Å². The lowest BCUT2D eigenvalue weighted by molar-refractivity contribution is -0.138. The fraction of sp³-hybridized carbons (Fsp3) is 0.846. The molecule has 2 saturated heterocycles. The first kappa shape index (κ1) is 14.1. The normalized spacial score (nSPS) is 24.8. The summed E-state index contributed by atoms with van der Waals surface area (Å²) in [5.74, 6) is -0.0207. The minimum Gasteiger partial charge on any atom is -0.444 e. The highest BCUT2D eigenvalue weighted by Crippen LogP contribution is 2.17. The van der Waals surface area contributed by atoms with Crippen molar-refractivity contribution in [1.82, 2.24) is 9.80 Å². The molecular weight excluding hydrogens is 248 g/mol. The number of hydrogen-bond donors (Lipinski definition) is 0. The molecule has 2 aliphatic rings. The van der Waals surface area contributed by atoms with Crippen LogP contribution in [0.25, 0.3) is 0 Å². The van der Waals surface area contributed by atoms with Crippen LogP contribution in [0.5, 0.6) is 0 Å². The molecule has 108 valence electrons. The maximum absolute atomic E-state index is 12.1. The van der Waals surface area contributed by atoms with Gasteiger partial charge in [-0.2, -0.15) is 0 Å². The van der Waals surface area contributed by atoms with Gasteiger partial charge in [-0.3, -0.25) is 9.69 Å². The third-order valence-corrected chi connectivity index (χ3v) is 3.26. The lowest BCUT2D eigenvalue weighted by atomic mass is 10.2. The summed E-state index contributed by atoms with van der Waals surface area (Å²) in [4.78, 5) is 27.3. The van der Waals surface area contributed by atoms with Gasteiger partial charge < -0.3 is 14.4 Å². The monoisotopic (exact) mass is 270 g/mol. The minimum atomic E-state index is -0.531. The number of piperazine rings is 1. The zero-order valence-electron chi connectivity index (χ0n) is 11.8. The van der Waals surface area contributed by atoms with E-state index in [2.05, 4.69) is 0 Å². The molecule has 2 aliphatic heterocycles. The first-order valence-corrected chi connectivity index (χ1v) is 6.72. The molecule has 6 nitrogen and oxygen atoms in total. The highest BCUT2D eigenvalue weighted by molar-refractivity contribution is 5.84. The molecule has 6 heteroatoms. The third-order valence-electron chi connectivity index (χ3n) is 3.26. The average molecular weight is 270 g/mol. The maximum atomic E-state index is 12.1. The van der Waals surface area contributed by atoms with Crippen molar-refractivity contribution in [3.8, 4) is 0 Å². The van der Waals surface area contributed by atoms with Gasteiger partial charge in [-0.05, 0) is 27.2 Å². The van der Waals surface area contributed by atoms with Gasteiger partial charge in [0.1, 0.15) is 12.1 Å². The summed E-state index contributed by atoms with van der Waals surface area (Å²) >= 11 is 0. The Labute approximate surface area is 113 Å². The summed E-state index contributed by atoms with van der Waals surface area (Å²) in [5.41, 5.74) is -0.531. The second kappa shape index (κ2) is 5.36. The number of carbonyl (C=O) groups is 2. The van der Waals surface area contributed by atoms with Crippen LogP contribution >= 0.6 is 0 Å². The molecule has 2 fully saturated rings. The van der Waals surface area contributed by atoms with E-state index in [1.165, 1.54) is 4.90 Å². The molecule has 0 aromatic carbocycles. The minimum absolute atomic E-state index is 0.0207. The van der Waals surface area contributed by atoms with E-state index in [1.54, 1.807) is 0 Å². The van der Waals surface area contributed by atoms with Gasteiger partial charge >= 0.3 is 6.09 Å². The molecule has 0 unspecified atom stereocenters. The van der Waals surface area contributed by atoms with Crippen LogP contribution in [-0.2, 0) is 14.3 Å². The van der Waals surface area contributed by atoms with Gasteiger partial charge in [0.2, 0.25) is 5.91 Å². The molecule has 0 bridgehead atoms. The molecular formula is C13H22N2O4. The van der Waals surface area contributed by atoms with Crippen molar-refractivity contribution in [2.24, 2.45) is 0 Å². The van der Waals surface area contributed by atoms with Crippen molar-refractivity contribution >= 4 is 12.0 Å². The van der Waals surface area contributed by atoms with Crippen LogP contribution in [0.2, 0.25) is 0 Å². The highest BCUT2D eigenvalue weighted by Gasteiger charge is 2.34. The van der Waals surface area contributed by atoms with E-state index in [9.17, 15) is 9.59 Å². The molecule has 1 atom stereocenters. The van der Waals surface area contributed by atoms with E-state index in [4.69, 9.17) is 9.47 Å². The molecule has 0 spiro atoms. The summed E-state index contributed by atoms with van der Waals surface area (Å²) < 4.78 is 10.6. The van der Waals surface area contributed by atoms with E-state index in [0.29, 0.717) is 26.3 Å². The largest absolute Gasteiger partial charge is 0.444 e. The lowest BCUT2D eigenvalue weighted by Crippen LogP contribution is -2.56. The zero-order valence-corrected chi connectivity index (χ0v) is 11.8. The molecule has 2 heterocycles. The first-order chi connectivity index (χ1) is 8.87. The number of rotatable bonds is 1. The van der Waals surface area contributed by atoms with Crippen LogP contribution in [0.3, 0.4) is 0 Å². The predicted molar refractivity (Wildman–Crippen MR) is 68.7 cm³/mol. The molecule has 2 rings (SSSR count). The van der Waals surface area contributed by atoms with Crippen LogP contribution in [-0.4, -0.2) is 66.3 Å². The molecule has 0 radical (unpaired) electrons.